The highest BCUT2D eigenvalue weighted by molar-refractivity contribution is 5.83. The average molecular weight is 216 g/mol. The van der Waals surface area contributed by atoms with Crippen LogP contribution in [0.15, 0.2) is 0 Å². The molecule has 0 rings (SSSR count). The number of likely N-dealkylation sites (N-methyl/N-ethyl adjacent to an activating group) is 1. The normalized spacial score (nSPS) is 9.87. The van der Waals surface area contributed by atoms with Crippen LogP contribution in [0, 0.1) is 0 Å². The van der Waals surface area contributed by atoms with Gasteiger partial charge in [-0.1, -0.05) is 13.3 Å². The molecular formula is C10H20N2O3. The highest BCUT2D eigenvalue weighted by Gasteiger charge is 2.15. The Morgan fingerprint density at radius 2 is 1.93 bits per heavy atom. The number of carbonyl (C=O) groups is 2. The summed E-state index contributed by atoms with van der Waals surface area (Å²) in [5.74, 6) is -0.301. The van der Waals surface area contributed by atoms with Crippen molar-refractivity contribution >= 4 is 11.8 Å². The van der Waals surface area contributed by atoms with Crippen molar-refractivity contribution in [2.75, 3.05) is 27.2 Å². The average Bonchev–Trinajstić information content (AvgIpc) is 2.22. The van der Waals surface area contributed by atoms with E-state index >= 15 is 0 Å². The maximum Gasteiger partial charge on any atom is 0.265 e. The summed E-state index contributed by atoms with van der Waals surface area (Å²) in [5.41, 5.74) is 0. The Kier molecular flexibility index (Phi) is 6.70. The van der Waals surface area contributed by atoms with E-state index in [1.54, 1.807) is 0 Å². The monoisotopic (exact) mass is 216 g/mol. The molecule has 0 bridgehead atoms. The number of unbranched alkanes of at least 4 members (excludes halogenated alkanes) is 1. The van der Waals surface area contributed by atoms with Gasteiger partial charge >= 0.3 is 0 Å². The zero-order valence-corrected chi connectivity index (χ0v) is 9.95. The van der Waals surface area contributed by atoms with Crippen molar-refractivity contribution < 1.29 is 14.4 Å². The van der Waals surface area contributed by atoms with E-state index in [2.05, 4.69) is 0 Å². The maximum atomic E-state index is 11.5. The summed E-state index contributed by atoms with van der Waals surface area (Å²) >= 11 is 0. The van der Waals surface area contributed by atoms with E-state index in [0.29, 0.717) is 6.54 Å². The second-order valence-electron chi connectivity index (χ2n) is 3.37. The van der Waals surface area contributed by atoms with E-state index < -0.39 is 0 Å². The molecule has 88 valence electrons. The molecule has 5 heteroatoms. The van der Waals surface area contributed by atoms with Crippen LogP contribution < -0.4 is 0 Å². The zero-order chi connectivity index (χ0) is 11.8. The smallest absolute Gasteiger partial charge is 0.265 e. The van der Waals surface area contributed by atoms with Crippen LogP contribution in [0.2, 0.25) is 0 Å². The first-order chi connectivity index (χ1) is 7.02. The quantitative estimate of drug-likeness (QED) is 0.613. The summed E-state index contributed by atoms with van der Waals surface area (Å²) in [7, 11) is 2.95. The third kappa shape index (κ3) is 5.37. The van der Waals surface area contributed by atoms with Crippen LogP contribution in [0.4, 0.5) is 0 Å². The number of carbonyl (C=O) groups excluding carboxylic acids is 2. The van der Waals surface area contributed by atoms with Crippen molar-refractivity contribution in [3.63, 3.8) is 0 Å². The molecule has 15 heavy (non-hydrogen) atoms. The Morgan fingerprint density at radius 1 is 1.33 bits per heavy atom. The summed E-state index contributed by atoms with van der Waals surface area (Å²) in [5, 5.41) is 1.13. The predicted octanol–water partition coefficient (Wildman–Crippen LogP) is 0.655. The van der Waals surface area contributed by atoms with Gasteiger partial charge in [0.1, 0.15) is 6.54 Å². The first-order valence-electron chi connectivity index (χ1n) is 5.09. The van der Waals surface area contributed by atoms with Gasteiger partial charge in [0.2, 0.25) is 5.91 Å². The van der Waals surface area contributed by atoms with Crippen LogP contribution in [0.3, 0.4) is 0 Å². The molecule has 5 nitrogen and oxygen atoms in total. The Balaban J connectivity index is 4.16. The third-order valence-corrected chi connectivity index (χ3v) is 2.18. The number of hydrogen-bond acceptors (Lipinski definition) is 3. The van der Waals surface area contributed by atoms with E-state index in [0.717, 1.165) is 17.9 Å². The Hall–Kier alpha value is -1.10. The second kappa shape index (κ2) is 7.23. The van der Waals surface area contributed by atoms with Gasteiger partial charge in [0.25, 0.3) is 5.91 Å². The summed E-state index contributed by atoms with van der Waals surface area (Å²) in [6, 6.07) is 0. The van der Waals surface area contributed by atoms with Crippen LogP contribution in [0.25, 0.3) is 0 Å². The molecule has 2 amide bonds. The minimum absolute atomic E-state index is 0.0821. The Bertz CT molecular complexity index is 219. The van der Waals surface area contributed by atoms with Gasteiger partial charge in [-0.15, -0.1) is 0 Å². The summed E-state index contributed by atoms with van der Waals surface area (Å²) in [6.45, 7) is 4.21. The van der Waals surface area contributed by atoms with E-state index in [1.807, 2.05) is 6.92 Å². The fraction of sp³-hybridized carbons (Fsp3) is 0.800. The fourth-order valence-corrected chi connectivity index (χ4v) is 1.06. The van der Waals surface area contributed by atoms with Crippen LogP contribution >= 0.6 is 0 Å². The summed E-state index contributed by atoms with van der Waals surface area (Å²) in [4.78, 5) is 28.9. The molecule has 0 unspecified atom stereocenters. The molecule has 0 aromatic carbocycles. The van der Waals surface area contributed by atoms with E-state index in [1.165, 1.54) is 26.0 Å². The maximum absolute atomic E-state index is 11.5. The highest BCUT2D eigenvalue weighted by Crippen LogP contribution is 1.97. The zero-order valence-electron chi connectivity index (χ0n) is 9.95. The Labute approximate surface area is 90.9 Å². The molecule has 0 radical (unpaired) electrons. The van der Waals surface area contributed by atoms with Crippen molar-refractivity contribution in [1.29, 1.82) is 0 Å². The van der Waals surface area contributed by atoms with Gasteiger partial charge in [-0.3, -0.25) is 14.4 Å². The molecule has 0 aromatic rings. The number of hydroxylamine groups is 2. The lowest BCUT2D eigenvalue weighted by molar-refractivity contribution is -0.171. The fourth-order valence-electron chi connectivity index (χ4n) is 1.06. The van der Waals surface area contributed by atoms with Crippen molar-refractivity contribution in [2.24, 2.45) is 0 Å². The van der Waals surface area contributed by atoms with Crippen molar-refractivity contribution in [1.82, 2.24) is 9.96 Å². The molecule has 0 saturated heterocycles. The topological polar surface area (TPSA) is 49.9 Å². The van der Waals surface area contributed by atoms with Gasteiger partial charge in [0.05, 0.1) is 7.11 Å². The van der Waals surface area contributed by atoms with Gasteiger partial charge in [-0.05, 0) is 6.42 Å². The lowest BCUT2D eigenvalue weighted by Gasteiger charge is -2.22. The highest BCUT2D eigenvalue weighted by atomic mass is 16.7. The molecule has 0 N–H and O–H groups in total. The molecule has 0 fully saturated rings. The summed E-state index contributed by atoms with van der Waals surface area (Å²) in [6.07, 6.45) is 1.90. The van der Waals surface area contributed by atoms with Crippen molar-refractivity contribution in [3.05, 3.63) is 0 Å². The molecule has 0 saturated carbocycles. The van der Waals surface area contributed by atoms with Gasteiger partial charge in [0, 0.05) is 20.5 Å². The number of hydrogen-bond donors (Lipinski definition) is 0. The lowest BCUT2D eigenvalue weighted by atomic mass is 10.3. The largest absolute Gasteiger partial charge is 0.334 e. The standard InChI is InChI=1S/C10H20N2O3/c1-5-6-7-12(9(2)13)8-10(14)11(3)15-4/h5-8H2,1-4H3. The number of amides is 2. The van der Waals surface area contributed by atoms with Gasteiger partial charge in [-0.2, -0.15) is 0 Å². The first kappa shape index (κ1) is 13.9. The number of nitrogens with zero attached hydrogens (tertiary/aromatic N) is 2. The van der Waals surface area contributed by atoms with Crippen molar-refractivity contribution in [3.8, 4) is 0 Å². The van der Waals surface area contributed by atoms with Crippen LogP contribution in [-0.4, -0.2) is 49.0 Å². The molecule has 0 aliphatic carbocycles. The van der Waals surface area contributed by atoms with Crippen LogP contribution in [0.1, 0.15) is 26.7 Å². The van der Waals surface area contributed by atoms with E-state index in [-0.39, 0.29) is 18.4 Å². The SMILES string of the molecule is CCCCN(CC(=O)N(C)OC)C(C)=O. The molecule has 0 aliphatic heterocycles. The van der Waals surface area contributed by atoms with E-state index in [9.17, 15) is 9.59 Å². The predicted molar refractivity (Wildman–Crippen MR) is 56.9 cm³/mol. The van der Waals surface area contributed by atoms with Gasteiger partial charge < -0.3 is 4.90 Å². The van der Waals surface area contributed by atoms with Crippen molar-refractivity contribution in [2.45, 2.75) is 26.7 Å². The molecule has 0 aliphatic rings. The van der Waals surface area contributed by atoms with Crippen LogP contribution in [0.5, 0.6) is 0 Å². The van der Waals surface area contributed by atoms with Gasteiger partial charge in [0.15, 0.2) is 0 Å². The molecule has 0 aromatic heterocycles. The molecule has 0 atom stereocenters. The third-order valence-electron chi connectivity index (χ3n) is 2.18. The second-order valence-corrected chi connectivity index (χ2v) is 3.37. The first-order valence-corrected chi connectivity index (χ1v) is 5.09. The molecule has 0 spiro atoms. The lowest BCUT2D eigenvalue weighted by Crippen LogP contribution is -2.40. The van der Waals surface area contributed by atoms with Gasteiger partial charge in [-0.25, -0.2) is 5.06 Å². The minimum Gasteiger partial charge on any atom is -0.334 e. The van der Waals surface area contributed by atoms with E-state index in [4.69, 9.17) is 4.84 Å². The molecule has 0 heterocycles. The summed E-state index contributed by atoms with van der Waals surface area (Å²) < 4.78 is 0. The number of rotatable bonds is 6. The minimum atomic E-state index is -0.219. The van der Waals surface area contributed by atoms with Crippen LogP contribution in [-0.2, 0) is 14.4 Å². The molecular weight excluding hydrogens is 196 g/mol. The Morgan fingerprint density at radius 3 is 2.33 bits per heavy atom.